The normalized spacial score (nSPS) is 16.0. The lowest BCUT2D eigenvalue weighted by Crippen LogP contribution is -2.38. The van der Waals surface area contributed by atoms with Crippen LogP contribution in [0.25, 0.3) is 0 Å². The van der Waals surface area contributed by atoms with Gasteiger partial charge in [-0.1, -0.05) is 24.3 Å². The molecule has 2 aromatic rings. The summed E-state index contributed by atoms with van der Waals surface area (Å²) in [7, 11) is 1.78. The van der Waals surface area contributed by atoms with Crippen molar-refractivity contribution in [2.75, 3.05) is 19.6 Å². The van der Waals surface area contributed by atoms with Crippen LogP contribution < -0.4 is 5.32 Å². The van der Waals surface area contributed by atoms with E-state index in [1.165, 1.54) is 43.5 Å². The highest BCUT2D eigenvalue weighted by Gasteiger charge is 2.20. The molecule has 1 aromatic heterocycles. The van der Waals surface area contributed by atoms with Crippen molar-refractivity contribution in [1.29, 1.82) is 0 Å². The number of benzene rings is 1. The Kier molecular flexibility index (Phi) is 6.67. The molecule has 0 atom stereocenters. The van der Waals surface area contributed by atoms with Crippen LogP contribution in [0.5, 0.6) is 0 Å². The highest BCUT2D eigenvalue weighted by Crippen LogP contribution is 2.23. The van der Waals surface area contributed by atoms with E-state index in [-0.39, 0.29) is 5.91 Å². The summed E-state index contributed by atoms with van der Waals surface area (Å²) < 4.78 is 1.59. The average Bonchev–Trinajstić information content (AvgIpc) is 3.09. The van der Waals surface area contributed by atoms with E-state index in [1.807, 2.05) is 0 Å². The zero-order chi connectivity index (χ0) is 19.2. The first-order chi connectivity index (χ1) is 13.0. The first kappa shape index (κ1) is 19.6. The van der Waals surface area contributed by atoms with Crippen LogP contribution in [0.15, 0.2) is 36.5 Å². The molecule has 0 spiro atoms. The molecular weight excluding hydrogens is 336 g/mol. The molecule has 3 rings (SSSR count). The minimum atomic E-state index is -0.0700. The Morgan fingerprint density at radius 2 is 1.81 bits per heavy atom. The topological polar surface area (TPSA) is 50.2 Å². The minimum Gasteiger partial charge on any atom is -0.350 e. The number of rotatable bonds is 7. The predicted octanol–water partition coefficient (Wildman–Crippen LogP) is 3.06. The number of hydrogen-bond donors (Lipinski definition) is 1. The summed E-state index contributed by atoms with van der Waals surface area (Å²) in [5.41, 5.74) is 3.29. The van der Waals surface area contributed by atoms with E-state index in [0.29, 0.717) is 18.3 Å². The molecule has 0 unspecified atom stereocenters. The monoisotopic (exact) mass is 368 g/mol. The quantitative estimate of drug-likeness (QED) is 0.817. The van der Waals surface area contributed by atoms with Crippen molar-refractivity contribution >= 4 is 5.91 Å². The first-order valence-corrected chi connectivity index (χ1v) is 10.1. The van der Waals surface area contributed by atoms with Gasteiger partial charge in [0, 0.05) is 25.8 Å². The lowest BCUT2D eigenvalue weighted by atomic mass is 9.89. The molecule has 1 N–H and O–H groups in total. The maximum absolute atomic E-state index is 12.1. The Morgan fingerprint density at radius 1 is 1.15 bits per heavy atom. The SMILES string of the molecule is CC(C)N1CCC(Cc2ccc(CCNC(=O)c3ccnn3C)cc2)CC1. The Morgan fingerprint density at radius 3 is 2.41 bits per heavy atom. The number of nitrogens with zero attached hydrogens (tertiary/aromatic N) is 3. The van der Waals surface area contributed by atoms with Crippen LogP contribution in [-0.2, 0) is 19.9 Å². The smallest absolute Gasteiger partial charge is 0.269 e. The largest absolute Gasteiger partial charge is 0.350 e. The number of piperidine rings is 1. The molecule has 2 heterocycles. The van der Waals surface area contributed by atoms with E-state index in [0.717, 1.165) is 12.3 Å². The van der Waals surface area contributed by atoms with Gasteiger partial charge in [0.25, 0.3) is 5.91 Å². The number of carbonyl (C=O) groups excluding carboxylic acids is 1. The molecule has 1 amide bonds. The van der Waals surface area contributed by atoms with E-state index in [2.05, 4.69) is 53.4 Å². The van der Waals surface area contributed by atoms with Gasteiger partial charge in [-0.25, -0.2) is 0 Å². The molecule has 0 radical (unpaired) electrons. The Labute approximate surface area is 162 Å². The van der Waals surface area contributed by atoms with Gasteiger partial charge >= 0.3 is 0 Å². The van der Waals surface area contributed by atoms with Crippen molar-refractivity contribution in [2.24, 2.45) is 13.0 Å². The summed E-state index contributed by atoms with van der Waals surface area (Å²) >= 11 is 0. The van der Waals surface area contributed by atoms with Gasteiger partial charge in [0.05, 0.1) is 0 Å². The van der Waals surface area contributed by atoms with Gasteiger partial charge in [-0.3, -0.25) is 9.48 Å². The van der Waals surface area contributed by atoms with Gasteiger partial charge in [0.2, 0.25) is 0 Å². The van der Waals surface area contributed by atoms with Gasteiger partial charge in [-0.2, -0.15) is 5.10 Å². The molecule has 1 saturated heterocycles. The zero-order valence-electron chi connectivity index (χ0n) is 16.8. The third-order valence-electron chi connectivity index (χ3n) is 5.68. The molecule has 1 fully saturated rings. The Balaban J connectivity index is 1.41. The lowest BCUT2D eigenvalue weighted by molar-refractivity contribution is 0.0944. The van der Waals surface area contributed by atoms with Crippen LogP contribution >= 0.6 is 0 Å². The second kappa shape index (κ2) is 9.18. The van der Waals surface area contributed by atoms with Crippen LogP contribution in [0.2, 0.25) is 0 Å². The number of likely N-dealkylation sites (tertiary alicyclic amines) is 1. The second-order valence-corrected chi connectivity index (χ2v) is 7.94. The average molecular weight is 369 g/mol. The molecule has 5 heteroatoms. The Bertz CT molecular complexity index is 727. The minimum absolute atomic E-state index is 0.0700. The highest BCUT2D eigenvalue weighted by molar-refractivity contribution is 5.92. The summed E-state index contributed by atoms with van der Waals surface area (Å²) in [6.07, 6.45) is 6.28. The van der Waals surface area contributed by atoms with Gasteiger partial charge in [0.15, 0.2) is 0 Å². The van der Waals surface area contributed by atoms with Gasteiger partial charge in [-0.05, 0) is 75.7 Å². The van der Waals surface area contributed by atoms with E-state index in [4.69, 9.17) is 0 Å². The van der Waals surface area contributed by atoms with Crippen LogP contribution in [0.3, 0.4) is 0 Å². The van der Waals surface area contributed by atoms with Gasteiger partial charge in [-0.15, -0.1) is 0 Å². The third-order valence-corrected chi connectivity index (χ3v) is 5.68. The van der Waals surface area contributed by atoms with Crippen molar-refractivity contribution in [3.8, 4) is 0 Å². The van der Waals surface area contributed by atoms with Crippen molar-refractivity contribution in [3.05, 3.63) is 53.3 Å². The maximum atomic E-state index is 12.1. The maximum Gasteiger partial charge on any atom is 0.269 e. The van der Waals surface area contributed by atoms with Crippen molar-refractivity contribution < 1.29 is 4.79 Å². The fraction of sp³-hybridized carbons (Fsp3) is 0.545. The highest BCUT2D eigenvalue weighted by atomic mass is 16.2. The third kappa shape index (κ3) is 5.42. The number of aryl methyl sites for hydroxylation is 1. The molecule has 0 aliphatic carbocycles. The predicted molar refractivity (Wildman–Crippen MR) is 109 cm³/mol. The summed E-state index contributed by atoms with van der Waals surface area (Å²) in [6.45, 7) is 7.68. The van der Waals surface area contributed by atoms with Gasteiger partial charge < -0.3 is 10.2 Å². The second-order valence-electron chi connectivity index (χ2n) is 7.94. The van der Waals surface area contributed by atoms with E-state index in [1.54, 1.807) is 24.0 Å². The lowest BCUT2D eigenvalue weighted by Gasteiger charge is -2.34. The molecule has 0 bridgehead atoms. The molecule has 146 valence electrons. The number of amides is 1. The van der Waals surface area contributed by atoms with Crippen molar-refractivity contribution in [1.82, 2.24) is 20.0 Å². The summed E-state index contributed by atoms with van der Waals surface area (Å²) in [4.78, 5) is 14.7. The molecular formula is C22H32N4O. The van der Waals surface area contributed by atoms with Crippen molar-refractivity contribution in [2.45, 2.75) is 45.6 Å². The zero-order valence-corrected chi connectivity index (χ0v) is 16.8. The van der Waals surface area contributed by atoms with E-state index >= 15 is 0 Å². The summed E-state index contributed by atoms with van der Waals surface area (Å²) in [5, 5.41) is 6.99. The fourth-order valence-electron chi connectivity index (χ4n) is 3.86. The number of nitrogens with one attached hydrogen (secondary N) is 1. The van der Waals surface area contributed by atoms with Crippen LogP contribution in [0.1, 0.15) is 48.3 Å². The standard InChI is InChI=1S/C22H32N4O/c1-17(2)26-14-10-20(11-15-26)16-19-6-4-18(5-7-19)8-12-23-22(27)21-9-13-24-25(21)3/h4-7,9,13,17,20H,8,10-12,14-16H2,1-3H3,(H,23,27). The van der Waals surface area contributed by atoms with Crippen LogP contribution in [0, 0.1) is 5.92 Å². The summed E-state index contributed by atoms with van der Waals surface area (Å²) in [5.74, 6) is 0.739. The first-order valence-electron chi connectivity index (χ1n) is 10.1. The molecule has 1 aliphatic heterocycles. The number of hydrogen-bond acceptors (Lipinski definition) is 3. The van der Waals surface area contributed by atoms with Gasteiger partial charge in [0.1, 0.15) is 5.69 Å². The van der Waals surface area contributed by atoms with Crippen LogP contribution in [0.4, 0.5) is 0 Å². The number of aromatic nitrogens is 2. The van der Waals surface area contributed by atoms with Crippen molar-refractivity contribution in [3.63, 3.8) is 0 Å². The van der Waals surface area contributed by atoms with Crippen LogP contribution in [-0.4, -0.2) is 46.3 Å². The number of carbonyl (C=O) groups is 1. The summed E-state index contributed by atoms with van der Waals surface area (Å²) in [6, 6.07) is 11.3. The molecule has 1 aromatic carbocycles. The molecule has 1 aliphatic rings. The molecule has 5 nitrogen and oxygen atoms in total. The Hall–Kier alpha value is -2.14. The fourth-order valence-corrected chi connectivity index (χ4v) is 3.86. The van der Waals surface area contributed by atoms with E-state index < -0.39 is 0 Å². The van der Waals surface area contributed by atoms with E-state index in [9.17, 15) is 4.79 Å². The molecule has 0 saturated carbocycles. The molecule has 27 heavy (non-hydrogen) atoms.